The molecule has 0 radical (unpaired) electrons. The Morgan fingerprint density at radius 3 is 2.68 bits per heavy atom. The number of sulfonamides is 1. The molecule has 1 amide bonds. The van der Waals surface area contributed by atoms with Crippen molar-refractivity contribution in [3.63, 3.8) is 0 Å². The van der Waals surface area contributed by atoms with E-state index in [1.807, 2.05) is 0 Å². The zero-order valence-corrected chi connectivity index (χ0v) is 11.6. The van der Waals surface area contributed by atoms with Gasteiger partial charge in [0.2, 0.25) is 10.0 Å². The molecule has 1 saturated heterocycles. The molecule has 106 valence electrons. The molecular formula is C12H18N2O4S. The molecule has 6 nitrogen and oxygen atoms in total. The monoisotopic (exact) mass is 286 g/mol. The van der Waals surface area contributed by atoms with Crippen molar-refractivity contribution in [3.8, 4) is 0 Å². The molecule has 1 aliphatic heterocycles. The molecule has 0 unspecified atom stereocenters. The lowest BCUT2D eigenvalue weighted by molar-refractivity contribution is 0.0923. The summed E-state index contributed by atoms with van der Waals surface area (Å²) in [7, 11) is -3.11. The maximum atomic E-state index is 11.8. The molecule has 2 rings (SSSR count). The van der Waals surface area contributed by atoms with E-state index in [4.69, 9.17) is 4.42 Å². The van der Waals surface area contributed by atoms with Crippen molar-refractivity contribution in [2.45, 2.75) is 25.8 Å². The third-order valence-corrected chi connectivity index (χ3v) is 5.21. The average molecular weight is 286 g/mol. The molecule has 1 aromatic rings. The minimum absolute atomic E-state index is 0.0192. The van der Waals surface area contributed by atoms with Gasteiger partial charge in [-0.3, -0.25) is 4.79 Å². The molecule has 1 N–H and O–H groups in total. The maximum absolute atomic E-state index is 11.8. The van der Waals surface area contributed by atoms with Crippen molar-refractivity contribution in [3.05, 3.63) is 24.2 Å². The highest BCUT2D eigenvalue weighted by Gasteiger charge is 2.27. The molecule has 0 aliphatic carbocycles. The predicted molar refractivity (Wildman–Crippen MR) is 70.2 cm³/mol. The number of hydrogen-bond donors (Lipinski definition) is 1. The number of hydrogen-bond acceptors (Lipinski definition) is 4. The number of rotatable bonds is 4. The van der Waals surface area contributed by atoms with Crippen LogP contribution in [0.4, 0.5) is 0 Å². The van der Waals surface area contributed by atoms with Gasteiger partial charge >= 0.3 is 0 Å². The van der Waals surface area contributed by atoms with Crippen LogP contribution in [0.3, 0.4) is 0 Å². The Labute approximate surface area is 112 Å². The Hall–Kier alpha value is -1.34. The van der Waals surface area contributed by atoms with E-state index in [1.54, 1.807) is 13.0 Å². The van der Waals surface area contributed by atoms with Crippen LogP contribution >= 0.6 is 0 Å². The van der Waals surface area contributed by atoms with Gasteiger partial charge in [-0.1, -0.05) is 0 Å². The fraction of sp³-hybridized carbons (Fsp3) is 0.583. The lowest BCUT2D eigenvalue weighted by Crippen LogP contribution is -2.46. The van der Waals surface area contributed by atoms with E-state index < -0.39 is 10.0 Å². The summed E-state index contributed by atoms with van der Waals surface area (Å²) in [6, 6.07) is 1.62. The lowest BCUT2D eigenvalue weighted by Gasteiger charge is -2.31. The van der Waals surface area contributed by atoms with Crippen molar-refractivity contribution < 1.29 is 17.6 Å². The number of nitrogens with one attached hydrogen (secondary N) is 1. The highest BCUT2D eigenvalue weighted by Crippen LogP contribution is 2.15. The summed E-state index contributed by atoms with van der Waals surface area (Å²) in [5, 5.41) is 2.89. The Balaban J connectivity index is 1.86. The number of piperidine rings is 1. The molecule has 19 heavy (non-hydrogen) atoms. The fourth-order valence-corrected chi connectivity index (χ4v) is 3.26. The zero-order valence-electron chi connectivity index (χ0n) is 10.8. The first-order valence-electron chi connectivity index (χ1n) is 6.34. The van der Waals surface area contributed by atoms with Crippen LogP contribution < -0.4 is 5.32 Å². The van der Waals surface area contributed by atoms with E-state index in [2.05, 4.69) is 5.32 Å². The summed E-state index contributed by atoms with van der Waals surface area (Å²) in [6.45, 7) is 2.57. The maximum Gasteiger partial charge on any atom is 0.254 e. The Kier molecular flexibility index (Phi) is 4.26. The molecule has 0 saturated carbocycles. The van der Waals surface area contributed by atoms with Crippen molar-refractivity contribution in [1.29, 1.82) is 0 Å². The second kappa shape index (κ2) is 5.75. The molecule has 1 aliphatic rings. The Morgan fingerprint density at radius 2 is 2.16 bits per heavy atom. The zero-order chi connectivity index (χ0) is 13.9. The summed E-state index contributed by atoms with van der Waals surface area (Å²) < 4.78 is 29.7. The van der Waals surface area contributed by atoms with Crippen molar-refractivity contribution in [2.24, 2.45) is 0 Å². The van der Waals surface area contributed by atoms with E-state index in [0.29, 0.717) is 31.5 Å². The van der Waals surface area contributed by atoms with E-state index in [9.17, 15) is 13.2 Å². The van der Waals surface area contributed by atoms with Gasteiger partial charge in [0.15, 0.2) is 0 Å². The highest BCUT2D eigenvalue weighted by atomic mass is 32.2. The van der Waals surface area contributed by atoms with Crippen LogP contribution in [0.2, 0.25) is 0 Å². The topological polar surface area (TPSA) is 79.6 Å². The largest absolute Gasteiger partial charge is 0.472 e. The third-order valence-electron chi connectivity index (χ3n) is 3.33. The van der Waals surface area contributed by atoms with E-state index >= 15 is 0 Å². The molecule has 0 atom stereocenters. The SMILES string of the molecule is CCS(=O)(=O)N1CCC(NC(=O)c2ccoc2)CC1. The first kappa shape index (κ1) is 14.1. The average Bonchev–Trinajstić information content (AvgIpc) is 2.93. The molecule has 0 aromatic carbocycles. The van der Waals surface area contributed by atoms with Gasteiger partial charge in [0.05, 0.1) is 17.6 Å². The molecule has 7 heteroatoms. The van der Waals surface area contributed by atoms with Gasteiger partial charge in [-0.2, -0.15) is 0 Å². The Bertz CT molecular complexity index is 516. The van der Waals surface area contributed by atoms with Gasteiger partial charge in [0, 0.05) is 19.1 Å². The number of furan rings is 1. The molecule has 0 bridgehead atoms. The van der Waals surface area contributed by atoms with Gasteiger partial charge in [0.1, 0.15) is 6.26 Å². The number of amides is 1. The molecule has 1 aromatic heterocycles. The van der Waals surface area contributed by atoms with E-state index in [1.165, 1.54) is 16.8 Å². The van der Waals surface area contributed by atoms with Crippen LogP contribution in [0.15, 0.2) is 23.0 Å². The van der Waals surface area contributed by atoms with Gasteiger partial charge < -0.3 is 9.73 Å². The molecular weight excluding hydrogens is 268 g/mol. The number of carbonyl (C=O) groups excluding carboxylic acids is 1. The van der Waals surface area contributed by atoms with Crippen molar-refractivity contribution >= 4 is 15.9 Å². The summed E-state index contributed by atoms with van der Waals surface area (Å²) in [4.78, 5) is 11.8. The molecule has 2 heterocycles. The smallest absolute Gasteiger partial charge is 0.254 e. The van der Waals surface area contributed by atoms with Gasteiger partial charge in [-0.25, -0.2) is 12.7 Å². The minimum Gasteiger partial charge on any atom is -0.472 e. The van der Waals surface area contributed by atoms with E-state index in [0.717, 1.165) is 0 Å². The summed E-state index contributed by atoms with van der Waals surface area (Å²) in [5.74, 6) is -0.0514. The number of nitrogens with zero attached hydrogens (tertiary/aromatic N) is 1. The van der Waals surface area contributed by atoms with Crippen LogP contribution in [0.5, 0.6) is 0 Å². The fourth-order valence-electron chi connectivity index (χ4n) is 2.12. The first-order valence-corrected chi connectivity index (χ1v) is 7.94. The predicted octanol–water partition coefficient (Wildman–Crippen LogP) is 0.823. The number of carbonyl (C=O) groups is 1. The van der Waals surface area contributed by atoms with Crippen LogP contribution in [-0.4, -0.2) is 43.5 Å². The van der Waals surface area contributed by atoms with Crippen LogP contribution in [-0.2, 0) is 10.0 Å². The summed E-state index contributed by atoms with van der Waals surface area (Å²) in [6.07, 6.45) is 4.13. The van der Waals surface area contributed by atoms with Gasteiger partial charge in [0.25, 0.3) is 5.91 Å². The minimum atomic E-state index is -3.11. The van der Waals surface area contributed by atoms with Crippen LogP contribution in [0.25, 0.3) is 0 Å². The van der Waals surface area contributed by atoms with Gasteiger partial charge in [-0.15, -0.1) is 0 Å². The lowest BCUT2D eigenvalue weighted by atomic mass is 10.1. The van der Waals surface area contributed by atoms with Crippen molar-refractivity contribution in [2.75, 3.05) is 18.8 Å². The summed E-state index contributed by atoms with van der Waals surface area (Å²) >= 11 is 0. The standard InChI is InChI=1S/C12H18N2O4S/c1-2-19(16,17)14-6-3-11(4-7-14)13-12(15)10-5-8-18-9-10/h5,8-9,11H,2-4,6-7H2,1H3,(H,13,15). The molecule has 1 fully saturated rings. The van der Waals surface area contributed by atoms with Crippen molar-refractivity contribution in [1.82, 2.24) is 9.62 Å². The third kappa shape index (κ3) is 3.36. The van der Waals surface area contributed by atoms with Crippen LogP contribution in [0.1, 0.15) is 30.1 Å². The molecule has 0 spiro atoms. The van der Waals surface area contributed by atoms with Gasteiger partial charge in [-0.05, 0) is 25.8 Å². The Morgan fingerprint density at radius 1 is 1.47 bits per heavy atom. The second-order valence-electron chi connectivity index (χ2n) is 4.56. The first-order chi connectivity index (χ1) is 9.03. The van der Waals surface area contributed by atoms with E-state index in [-0.39, 0.29) is 17.7 Å². The second-order valence-corrected chi connectivity index (χ2v) is 6.82. The normalized spacial score (nSPS) is 18.4. The van der Waals surface area contributed by atoms with Crippen LogP contribution in [0, 0.1) is 0 Å². The highest BCUT2D eigenvalue weighted by molar-refractivity contribution is 7.89. The quantitative estimate of drug-likeness (QED) is 0.889. The summed E-state index contributed by atoms with van der Waals surface area (Å²) in [5.41, 5.74) is 0.489.